The van der Waals surface area contributed by atoms with Gasteiger partial charge in [-0.3, -0.25) is 4.79 Å². The minimum atomic E-state index is -0.896. The van der Waals surface area contributed by atoms with E-state index in [0.29, 0.717) is 6.42 Å². The summed E-state index contributed by atoms with van der Waals surface area (Å²) >= 11 is 0. The molecule has 0 aromatic heterocycles. The van der Waals surface area contributed by atoms with Crippen molar-refractivity contribution in [2.45, 2.75) is 45.6 Å². The lowest BCUT2D eigenvalue weighted by Crippen LogP contribution is -2.32. The highest BCUT2D eigenvalue weighted by Gasteiger charge is 2.11. The molecule has 0 heterocycles. The second kappa shape index (κ2) is 8.68. The molecule has 0 aliphatic carbocycles. The second-order valence-electron chi connectivity index (χ2n) is 3.93. The van der Waals surface area contributed by atoms with Crippen LogP contribution in [0, 0.1) is 0 Å². The molecule has 1 atom stereocenters. The first-order valence-electron chi connectivity index (χ1n) is 5.82. The Balaban J connectivity index is 3.64. The van der Waals surface area contributed by atoms with E-state index >= 15 is 0 Å². The fourth-order valence-corrected chi connectivity index (χ4v) is 1.63. The maximum absolute atomic E-state index is 10.5. The van der Waals surface area contributed by atoms with Gasteiger partial charge in [0.25, 0.3) is 0 Å². The van der Waals surface area contributed by atoms with Crippen molar-refractivity contribution in [1.29, 1.82) is 0 Å². The molecule has 0 amide bonds. The Morgan fingerprint density at radius 2 is 1.80 bits per heavy atom. The van der Waals surface area contributed by atoms with Crippen molar-refractivity contribution in [2.75, 3.05) is 19.6 Å². The Labute approximate surface area is 92.4 Å². The van der Waals surface area contributed by atoms with E-state index in [1.54, 1.807) is 0 Å². The molecule has 0 aromatic carbocycles. The van der Waals surface area contributed by atoms with Gasteiger partial charge in [-0.15, -0.1) is 0 Å². The van der Waals surface area contributed by atoms with Gasteiger partial charge < -0.3 is 15.7 Å². The normalized spacial score (nSPS) is 13.1. The third-order valence-electron chi connectivity index (χ3n) is 2.39. The van der Waals surface area contributed by atoms with Crippen LogP contribution in [0.1, 0.15) is 39.5 Å². The highest BCUT2D eigenvalue weighted by atomic mass is 16.4. The first-order chi connectivity index (χ1) is 7.11. The lowest BCUT2D eigenvalue weighted by atomic mass is 10.1. The molecule has 0 bridgehead atoms. The molecule has 90 valence electrons. The van der Waals surface area contributed by atoms with Gasteiger partial charge in [0, 0.05) is 0 Å². The molecule has 4 heteroatoms. The molecule has 0 fully saturated rings. The van der Waals surface area contributed by atoms with Gasteiger partial charge in [-0.2, -0.15) is 0 Å². The Bertz CT molecular complexity index is 168. The van der Waals surface area contributed by atoms with Crippen molar-refractivity contribution in [3.63, 3.8) is 0 Å². The molecule has 1 unspecified atom stereocenters. The number of carbonyl (C=O) groups is 1. The molecule has 0 radical (unpaired) electrons. The number of carboxylic acids is 1. The van der Waals surface area contributed by atoms with Gasteiger partial charge in [0.1, 0.15) is 6.04 Å². The summed E-state index contributed by atoms with van der Waals surface area (Å²) in [5.74, 6) is -0.896. The summed E-state index contributed by atoms with van der Waals surface area (Å²) in [6.45, 7) is 7.46. The zero-order chi connectivity index (χ0) is 11.7. The number of nitrogens with zero attached hydrogens (tertiary/aromatic N) is 1. The molecule has 0 aliphatic rings. The average molecular weight is 216 g/mol. The van der Waals surface area contributed by atoms with Crippen LogP contribution in [0.2, 0.25) is 0 Å². The summed E-state index contributed by atoms with van der Waals surface area (Å²) in [6.07, 6.45) is 3.72. The molecule has 0 rings (SSSR count). The van der Waals surface area contributed by atoms with Gasteiger partial charge in [0.05, 0.1) is 0 Å². The van der Waals surface area contributed by atoms with Crippen LogP contribution >= 0.6 is 0 Å². The summed E-state index contributed by atoms with van der Waals surface area (Å²) in [4.78, 5) is 12.9. The van der Waals surface area contributed by atoms with Crippen molar-refractivity contribution in [3.8, 4) is 0 Å². The zero-order valence-electron chi connectivity index (χ0n) is 9.91. The Hall–Kier alpha value is -0.610. The standard InChI is InChI=1S/C11H24N2O2/c1-3-7-13(8-4-2)9-5-6-10(12)11(14)15/h10H,3-9,12H2,1-2H3,(H,14,15). The Morgan fingerprint density at radius 3 is 2.20 bits per heavy atom. The molecule has 3 N–H and O–H groups in total. The number of aliphatic carboxylic acids is 1. The molecule has 15 heavy (non-hydrogen) atoms. The van der Waals surface area contributed by atoms with E-state index in [0.717, 1.165) is 38.9 Å². The number of rotatable bonds is 9. The van der Waals surface area contributed by atoms with Gasteiger partial charge in [-0.25, -0.2) is 0 Å². The van der Waals surface area contributed by atoms with Gasteiger partial charge >= 0.3 is 5.97 Å². The molecular formula is C11H24N2O2. The van der Waals surface area contributed by atoms with Crippen molar-refractivity contribution in [2.24, 2.45) is 5.73 Å². The van der Waals surface area contributed by atoms with E-state index in [9.17, 15) is 4.79 Å². The van der Waals surface area contributed by atoms with E-state index in [2.05, 4.69) is 18.7 Å². The van der Waals surface area contributed by atoms with E-state index in [4.69, 9.17) is 10.8 Å². The monoisotopic (exact) mass is 216 g/mol. The maximum Gasteiger partial charge on any atom is 0.320 e. The topological polar surface area (TPSA) is 66.6 Å². The molecule has 0 aromatic rings. The van der Waals surface area contributed by atoms with E-state index in [-0.39, 0.29) is 0 Å². The molecule has 4 nitrogen and oxygen atoms in total. The van der Waals surface area contributed by atoms with Crippen LogP contribution in [0.3, 0.4) is 0 Å². The Morgan fingerprint density at radius 1 is 1.27 bits per heavy atom. The van der Waals surface area contributed by atoms with Crippen LogP contribution in [0.4, 0.5) is 0 Å². The molecule has 0 saturated carbocycles. The number of hydrogen-bond donors (Lipinski definition) is 2. The maximum atomic E-state index is 10.5. The van der Waals surface area contributed by atoms with E-state index in [1.165, 1.54) is 0 Å². The fraction of sp³-hybridized carbons (Fsp3) is 0.909. The third kappa shape index (κ3) is 7.33. The number of nitrogens with two attached hydrogens (primary N) is 1. The first-order valence-corrected chi connectivity index (χ1v) is 5.82. The SMILES string of the molecule is CCCN(CCC)CCCC(N)C(=O)O. The lowest BCUT2D eigenvalue weighted by molar-refractivity contribution is -0.138. The Kier molecular flexibility index (Phi) is 8.33. The second-order valence-corrected chi connectivity index (χ2v) is 3.93. The molecule has 0 spiro atoms. The zero-order valence-corrected chi connectivity index (χ0v) is 9.91. The fourth-order valence-electron chi connectivity index (χ4n) is 1.63. The van der Waals surface area contributed by atoms with Gasteiger partial charge in [-0.1, -0.05) is 13.8 Å². The van der Waals surface area contributed by atoms with Crippen LogP contribution in [-0.2, 0) is 4.79 Å². The van der Waals surface area contributed by atoms with Crippen LogP contribution < -0.4 is 5.73 Å². The van der Waals surface area contributed by atoms with Crippen molar-refractivity contribution >= 4 is 5.97 Å². The highest BCUT2D eigenvalue weighted by molar-refractivity contribution is 5.72. The quantitative estimate of drug-likeness (QED) is 0.609. The largest absolute Gasteiger partial charge is 0.480 e. The minimum absolute atomic E-state index is 0.569. The van der Waals surface area contributed by atoms with E-state index < -0.39 is 12.0 Å². The van der Waals surface area contributed by atoms with Crippen molar-refractivity contribution in [3.05, 3.63) is 0 Å². The predicted molar refractivity (Wildman–Crippen MR) is 61.9 cm³/mol. The highest BCUT2D eigenvalue weighted by Crippen LogP contribution is 2.00. The summed E-state index contributed by atoms with van der Waals surface area (Å²) in [6, 6.07) is -0.699. The van der Waals surface area contributed by atoms with Crippen LogP contribution in [0.15, 0.2) is 0 Å². The lowest BCUT2D eigenvalue weighted by Gasteiger charge is -2.21. The summed E-state index contributed by atoms with van der Waals surface area (Å²) in [5.41, 5.74) is 5.43. The smallest absolute Gasteiger partial charge is 0.320 e. The van der Waals surface area contributed by atoms with Crippen LogP contribution in [-0.4, -0.2) is 41.7 Å². The third-order valence-corrected chi connectivity index (χ3v) is 2.39. The average Bonchev–Trinajstić information content (AvgIpc) is 2.18. The summed E-state index contributed by atoms with van der Waals surface area (Å²) in [7, 11) is 0. The van der Waals surface area contributed by atoms with Crippen molar-refractivity contribution < 1.29 is 9.90 Å². The summed E-state index contributed by atoms with van der Waals surface area (Å²) < 4.78 is 0. The van der Waals surface area contributed by atoms with Gasteiger partial charge in [0.15, 0.2) is 0 Å². The number of hydrogen-bond acceptors (Lipinski definition) is 3. The van der Waals surface area contributed by atoms with Gasteiger partial charge in [-0.05, 0) is 45.3 Å². The van der Waals surface area contributed by atoms with E-state index in [1.807, 2.05) is 0 Å². The minimum Gasteiger partial charge on any atom is -0.480 e. The predicted octanol–water partition coefficient (Wildman–Crippen LogP) is 1.30. The van der Waals surface area contributed by atoms with Crippen LogP contribution in [0.5, 0.6) is 0 Å². The van der Waals surface area contributed by atoms with Gasteiger partial charge in [0.2, 0.25) is 0 Å². The molecule has 0 aliphatic heterocycles. The molecule has 0 saturated heterocycles. The van der Waals surface area contributed by atoms with Crippen molar-refractivity contribution in [1.82, 2.24) is 4.90 Å². The summed E-state index contributed by atoms with van der Waals surface area (Å²) in [5, 5.41) is 8.62. The number of carboxylic acid groups (broad SMARTS) is 1. The first kappa shape index (κ1) is 14.4. The van der Waals surface area contributed by atoms with Crippen LogP contribution in [0.25, 0.3) is 0 Å². The molecular weight excluding hydrogens is 192 g/mol.